The molecule has 1 atom stereocenters. The van der Waals surface area contributed by atoms with E-state index in [0.29, 0.717) is 5.56 Å². The standard InChI is InChI=1S/C24H29N3O3S2/c1-17(23-25-21-14-7-8-15-22(21)31-23)26(2)24(28)18-10-9-13-20(16-18)32(29,30)27(3)19-11-5-4-6-12-19/h7-10,13-17,19H,4-6,11-12H2,1-3H3/t17-/m1/s1. The van der Waals surface area contributed by atoms with Crippen molar-refractivity contribution < 1.29 is 13.2 Å². The second-order valence-corrected chi connectivity index (χ2v) is 11.5. The molecule has 1 saturated carbocycles. The quantitative estimate of drug-likeness (QED) is 0.502. The molecule has 0 bridgehead atoms. The van der Waals surface area contributed by atoms with Gasteiger partial charge in [-0.3, -0.25) is 4.79 Å². The van der Waals surface area contributed by atoms with Gasteiger partial charge in [0, 0.05) is 25.7 Å². The number of aromatic nitrogens is 1. The Bertz CT molecular complexity index is 1180. The Hall–Kier alpha value is -2.29. The summed E-state index contributed by atoms with van der Waals surface area (Å²) in [6, 6.07) is 14.1. The minimum absolute atomic E-state index is 0.0230. The molecular weight excluding hydrogens is 442 g/mol. The second-order valence-electron chi connectivity index (χ2n) is 8.45. The third-order valence-electron chi connectivity index (χ3n) is 6.42. The van der Waals surface area contributed by atoms with Crippen LogP contribution in [0.5, 0.6) is 0 Å². The topological polar surface area (TPSA) is 70.6 Å². The van der Waals surface area contributed by atoms with E-state index in [2.05, 4.69) is 4.98 Å². The zero-order valence-electron chi connectivity index (χ0n) is 18.7. The van der Waals surface area contributed by atoms with E-state index in [-0.39, 0.29) is 22.9 Å². The van der Waals surface area contributed by atoms with E-state index in [1.807, 2.05) is 31.2 Å². The van der Waals surface area contributed by atoms with Gasteiger partial charge in [-0.1, -0.05) is 37.5 Å². The number of benzene rings is 2. The van der Waals surface area contributed by atoms with Crippen LogP contribution in [0.3, 0.4) is 0 Å². The average Bonchev–Trinajstić information content (AvgIpc) is 3.27. The van der Waals surface area contributed by atoms with Crippen LogP contribution in [0.15, 0.2) is 53.4 Å². The van der Waals surface area contributed by atoms with Crippen molar-refractivity contribution in [2.45, 2.75) is 56.0 Å². The third kappa shape index (κ3) is 4.44. The Morgan fingerprint density at radius 1 is 1.06 bits per heavy atom. The van der Waals surface area contributed by atoms with E-state index < -0.39 is 10.0 Å². The number of rotatable bonds is 6. The fourth-order valence-corrected chi connectivity index (χ4v) is 6.74. The largest absolute Gasteiger partial charge is 0.333 e. The molecule has 170 valence electrons. The number of carbonyl (C=O) groups excluding carboxylic acids is 1. The monoisotopic (exact) mass is 471 g/mol. The summed E-state index contributed by atoms with van der Waals surface area (Å²) in [5.74, 6) is -0.228. The fourth-order valence-electron chi connectivity index (χ4n) is 4.21. The first kappa shape index (κ1) is 22.9. The maximum Gasteiger partial charge on any atom is 0.254 e. The highest BCUT2D eigenvalue weighted by Crippen LogP contribution is 2.30. The van der Waals surface area contributed by atoms with Crippen LogP contribution in [-0.2, 0) is 10.0 Å². The first-order valence-corrected chi connectivity index (χ1v) is 13.3. The molecule has 6 nitrogen and oxygen atoms in total. The SMILES string of the molecule is C[C@H](c1nc2ccccc2s1)N(C)C(=O)c1cccc(S(=O)(=O)N(C)C2CCCCC2)c1. The zero-order chi connectivity index (χ0) is 22.9. The molecule has 0 spiro atoms. The summed E-state index contributed by atoms with van der Waals surface area (Å²) in [5.41, 5.74) is 1.28. The van der Waals surface area contributed by atoms with Crippen LogP contribution in [0.25, 0.3) is 10.2 Å². The molecule has 1 aromatic heterocycles. The Kier molecular flexibility index (Phi) is 6.65. The Labute approximate surface area is 193 Å². The van der Waals surface area contributed by atoms with Gasteiger partial charge in [-0.25, -0.2) is 13.4 Å². The molecule has 4 rings (SSSR count). The molecule has 1 aliphatic carbocycles. The number of carbonyl (C=O) groups is 1. The van der Waals surface area contributed by atoms with E-state index in [9.17, 15) is 13.2 Å². The highest BCUT2D eigenvalue weighted by Gasteiger charge is 2.30. The van der Waals surface area contributed by atoms with Gasteiger partial charge in [-0.05, 0) is 50.1 Å². The van der Waals surface area contributed by atoms with E-state index in [1.165, 1.54) is 10.4 Å². The molecule has 1 fully saturated rings. The average molecular weight is 472 g/mol. The predicted molar refractivity (Wildman–Crippen MR) is 128 cm³/mol. The lowest BCUT2D eigenvalue weighted by atomic mass is 9.96. The number of sulfonamides is 1. The van der Waals surface area contributed by atoms with Crippen LogP contribution in [0.1, 0.15) is 60.4 Å². The Morgan fingerprint density at radius 3 is 2.50 bits per heavy atom. The van der Waals surface area contributed by atoms with Crippen LogP contribution in [0, 0.1) is 0 Å². The summed E-state index contributed by atoms with van der Waals surface area (Å²) >= 11 is 1.57. The molecule has 0 aliphatic heterocycles. The first-order valence-electron chi connectivity index (χ1n) is 11.0. The zero-order valence-corrected chi connectivity index (χ0v) is 20.3. The Morgan fingerprint density at radius 2 is 1.78 bits per heavy atom. The number of hydrogen-bond donors (Lipinski definition) is 0. The van der Waals surface area contributed by atoms with Gasteiger partial charge in [0.15, 0.2) is 0 Å². The van der Waals surface area contributed by atoms with Gasteiger partial charge in [-0.2, -0.15) is 4.31 Å². The summed E-state index contributed by atoms with van der Waals surface area (Å²) in [5, 5.41) is 0.850. The summed E-state index contributed by atoms with van der Waals surface area (Å²) in [7, 11) is -0.273. The molecule has 1 amide bonds. The summed E-state index contributed by atoms with van der Waals surface area (Å²) < 4.78 is 29.0. The van der Waals surface area contributed by atoms with Crippen molar-refractivity contribution in [2.24, 2.45) is 0 Å². The molecule has 0 N–H and O–H groups in total. The first-order chi connectivity index (χ1) is 15.3. The summed E-state index contributed by atoms with van der Waals surface area (Å²) in [6.45, 7) is 1.94. The second kappa shape index (κ2) is 9.29. The number of hydrogen-bond acceptors (Lipinski definition) is 5. The van der Waals surface area contributed by atoms with Gasteiger partial charge >= 0.3 is 0 Å². The number of para-hydroxylation sites is 1. The number of thiazole rings is 1. The minimum Gasteiger partial charge on any atom is -0.333 e. The molecule has 2 aromatic carbocycles. The lowest BCUT2D eigenvalue weighted by Gasteiger charge is -2.30. The van der Waals surface area contributed by atoms with Crippen LogP contribution >= 0.6 is 11.3 Å². The predicted octanol–water partition coefficient (Wildman–Crippen LogP) is 5.08. The van der Waals surface area contributed by atoms with E-state index in [1.54, 1.807) is 48.5 Å². The van der Waals surface area contributed by atoms with Gasteiger partial charge in [0.2, 0.25) is 10.0 Å². The van der Waals surface area contributed by atoms with Crippen molar-refractivity contribution >= 4 is 37.5 Å². The van der Waals surface area contributed by atoms with Crippen LogP contribution < -0.4 is 0 Å². The lowest BCUT2D eigenvalue weighted by molar-refractivity contribution is 0.0742. The third-order valence-corrected chi connectivity index (χ3v) is 9.53. The smallest absolute Gasteiger partial charge is 0.254 e. The van der Waals surface area contributed by atoms with Crippen molar-refractivity contribution in [2.75, 3.05) is 14.1 Å². The Balaban J connectivity index is 1.55. The van der Waals surface area contributed by atoms with Gasteiger partial charge in [0.1, 0.15) is 5.01 Å². The molecule has 3 aromatic rings. The van der Waals surface area contributed by atoms with Crippen LogP contribution in [-0.4, -0.2) is 48.7 Å². The van der Waals surface area contributed by atoms with Gasteiger partial charge in [0.05, 0.1) is 21.2 Å². The van der Waals surface area contributed by atoms with Crippen LogP contribution in [0.2, 0.25) is 0 Å². The van der Waals surface area contributed by atoms with Gasteiger partial charge in [-0.15, -0.1) is 11.3 Å². The number of fused-ring (bicyclic) bond motifs is 1. The molecule has 0 unspecified atom stereocenters. The maximum atomic E-state index is 13.2. The fraction of sp³-hybridized carbons (Fsp3) is 0.417. The molecule has 1 aliphatic rings. The van der Waals surface area contributed by atoms with Crippen LogP contribution in [0.4, 0.5) is 0 Å². The molecular formula is C24H29N3O3S2. The van der Waals surface area contributed by atoms with Gasteiger partial charge < -0.3 is 4.90 Å². The highest BCUT2D eigenvalue weighted by molar-refractivity contribution is 7.89. The van der Waals surface area contributed by atoms with E-state index >= 15 is 0 Å². The van der Waals surface area contributed by atoms with Crippen molar-refractivity contribution in [3.8, 4) is 0 Å². The maximum absolute atomic E-state index is 13.2. The summed E-state index contributed by atoms with van der Waals surface area (Å²) in [4.78, 5) is 19.7. The van der Waals surface area contributed by atoms with E-state index in [0.717, 1.165) is 47.3 Å². The van der Waals surface area contributed by atoms with Gasteiger partial charge in [0.25, 0.3) is 5.91 Å². The number of nitrogens with zero attached hydrogens (tertiary/aromatic N) is 3. The summed E-state index contributed by atoms with van der Waals surface area (Å²) in [6.07, 6.45) is 5.04. The van der Waals surface area contributed by atoms with Crippen molar-refractivity contribution in [1.29, 1.82) is 0 Å². The van der Waals surface area contributed by atoms with Crippen molar-refractivity contribution in [1.82, 2.24) is 14.2 Å². The lowest BCUT2D eigenvalue weighted by Crippen LogP contribution is -2.38. The minimum atomic E-state index is -3.66. The molecule has 0 saturated heterocycles. The molecule has 8 heteroatoms. The molecule has 0 radical (unpaired) electrons. The van der Waals surface area contributed by atoms with Crippen molar-refractivity contribution in [3.63, 3.8) is 0 Å². The molecule has 32 heavy (non-hydrogen) atoms. The highest BCUT2D eigenvalue weighted by atomic mass is 32.2. The van der Waals surface area contributed by atoms with E-state index in [4.69, 9.17) is 0 Å². The number of amides is 1. The normalized spacial score (nSPS) is 16.4. The van der Waals surface area contributed by atoms with Crippen molar-refractivity contribution in [3.05, 3.63) is 59.1 Å². The molecule has 1 heterocycles.